The molecular weight excluding hydrogens is 204 g/mol. The van der Waals surface area contributed by atoms with Crippen molar-refractivity contribution >= 4 is 11.3 Å². The summed E-state index contributed by atoms with van der Waals surface area (Å²) in [6.45, 7) is 4.72. The molecule has 0 fully saturated rings. The highest BCUT2D eigenvalue weighted by atomic mass is 32.1. The lowest BCUT2D eigenvalue weighted by atomic mass is 10.1. The second-order valence-corrected chi connectivity index (χ2v) is 4.52. The van der Waals surface area contributed by atoms with E-state index in [0.29, 0.717) is 6.54 Å². The molecule has 1 aromatic carbocycles. The Labute approximate surface area is 93.8 Å². The van der Waals surface area contributed by atoms with Crippen LogP contribution >= 0.6 is 11.3 Å². The van der Waals surface area contributed by atoms with E-state index in [-0.39, 0.29) is 0 Å². The average molecular weight is 218 g/mol. The fourth-order valence-corrected chi connectivity index (χ4v) is 2.40. The third kappa shape index (κ3) is 2.08. The van der Waals surface area contributed by atoms with Crippen LogP contribution in [0.5, 0.6) is 0 Å². The highest BCUT2D eigenvalue weighted by Gasteiger charge is 2.06. The normalized spacial score (nSPS) is 10.6. The van der Waals surface area contributed by atoms with Gasteiger partial charge in [-0.05, 0) is 25.5 Å². The maximum absolute atomic E-state index is 5.55. The Hall–Kier alpha value is -1.19. The van der Waals surface area contributed by atoms with Crippen LogP contribution < -0.4 is 5.73 Å². The molecule has 0 aliphatic rings. The molecule has 0 saturated heterocycles. The first-order valence-corrected chi connectivity index (χ1v) is 5.81. The van der Waals surface area contributed by atoms with Gasteiger partial charge in [-0.25, -0.2) is 4.98 Å². The molecule has 1 aromatic heterocycles. The number of nitrogens with two attached hydrogens (primary N) is 1. The zero-order valence-corrected chi connectivity index (χ0v) is 9.77. The van der Waals surface area contributed by atoms with Crippen molar-refractivity contribution in [3.63, 3.8) is 0 Å². The van der Waals surface area contributed by atoms with E-state index >= 15 is 0 Å². The Morgan fingerprint density at radius 1 is 1.33 bits per heavy atom. The SMILES string of the molecule is Cc1ccc(C)c(-c2nc(CN)cs2)c1. The number of aryl methyl sites for hydroxylation is 2. The van der Waals surface area contributed by atoms with Gasteiger partial charge in [-0.15, -0.1) is 11.3 Å². The lowest BCUT2D eigenvalue weighted by Crippen LogP contribution is -1.95. The molecule has 2 N–H and O–H groups in total. The maximum Gasteiger partial charge on any atom is 0.123 e. The summed E-state index contributed by atoms with van der Waals surface area (Å²) in [5.41, 5.74) is 10.3. The predicted molar refractivity (Wildman–Crippen MR) is 64.9 cm³/mol. The summed E-state index contributed by atoms with van der Waals surface area (Å²) in [5, 5.41) is 3.09. The van der Waals surface area contributed by atoms with Gasteiger partial charge in [0.25, 0.3) is 0 Å². The number of thiazole rings is 1. The second-order valence-electron chi connectivity index (χ2n) is 3.67. The van der Waals surface area contributed by atoms with Crippen LogP contribution in [0.4, 0.5) is 0 Å². The minimum absolute atomic E-state index is 0.515. The molecule has 78 valence electrons. The largest absolute Gasteiger partial charge is 0.325 e. The van der Waals surface area contributed by atoms with Gasteiger partial charge in [0.05, 0.1) is 5.69 Å². The van der Waals surface area contributed by atoms with Crippen LogP contribution in [0.2, 0.25) is 0 Å². The van der Waals surface area contributed by atoms with Crippen LogP contribution in [0.1, 0.15) is 16.8 Å². The molecule has 15 heavy (non-hydrogen) atoms. The highest BCUT2D eigenvalue weighted by Crippen LogP contribution is 2.27. The smallest absolute Gasteiger partial charge is 0.123 e. The maximum atomic E-state index is 5.55. The molecule has 0 unspecified atom stereocenters. The average Bonchev–Trinajstić information content (AvgIpc) is 2.70. The number of benzene rings is 1. The first kappa shape index (κ1) is 10.3. The topological polar surface area (TPSA) is 38.9 Å². The quantitative estimate of drug-likeness (QED) is 0.841. The Balaban J connectivity index is 2.48. The molecule has 0 radical (unpaired) electrons. The lowest BCUT2D eigenvalue weighted by Gasteiger charge is -2.03. The van der Waals surface area contributed by atoms with Crippen molar-refractivity contribution in [2.75, 3.05) is 0 Å². The zero-order valence-electron chi connectivity index (χ0n) is 8.95. The molecule has 0 aliphatic carbocycles. The van der Waals surface area contributed by atoms with Crippen LogP contribution in [-0.4, -0.2) is 4.98 Å². The number of hydrogen-bond donors (Lipinski definition) is 1. The van der Waals surface area contributed by atoms with E-state index in [1.165, 1.54) is 16.7 Å². The minimum Gasteiger partial charge on any atom is -0.325 e. The Morgan fingerprint density at radius 3 is 2.80 bits per heavy atom. The Morgan fingerprint density at radius 2 is 2.13 bits per heavy atom. The van der Waals surface area contributed by atoms with Gasteiger partial charge in [-0.3, -0.25) is 0 Å². The van der Waals surface area contributed by atoms with Crippen molar-refractivity contribution in [3.05, 3.63) is 40.4 Å². The van der Waals surface area contributed by atoms with Crippen LogP contribution in [-0.2, 0) is 6.54 Å². The van der Waals surface area contributed by atoms with Crippen molar-refractivity contribution in [2.45, 2.75) is 20.4 Å². The van der Waals surface area contributed by atoms with Crippen LogP contribution in [0.25, 0.3) is 10.6 Å². The summed E-state index contributed by atoms with van der Waals surface area (Å²) in [6, 6.07) is 6.43. The first-order chi connectivity index (χ1) is 7.20. The van der Waals surface area contributed by atoms with Gasteiger partial charge in [0, 0.05) is 17.5 Å². The van der Waals surface area contributed by atoms with Gasteiger partial charge in [0.2, 0.25) is 0 Å². The number of aromatic nitrogens is 1. The van der Waals surface area contributed by atoms with E-state index in [1.54, 1.807) is 11.3 Å². The number of nitrogens with zero attached hydrogens (tertiary/aromatic N) is 1. The van der Waals surface area contributed by atoms with Crippen molar-refractivity contribution in [2.24, 2.45) is 5.73 Å². The molecule has 0 aliphatic heterocycles. The summed E-state index contributed by atoms with van der Waals surface area (Å²) in [7, 11) is 0. The molecule has 0 spiro atoms. The summed E-state index contributed by atoms with van der Waals surface area (Å²) >= 11 is 1.66. The van der Waals surface area contributed by atoms with Crippen molar-refractivity contribution in [3.8, 4) is 10.6 Å². The van der Waals surface area contributed by atoms with Gasteiger partial charge < -0.3 is 5.73 Å². The summed E-state index contributed by atoms with van der Waals surface area (Å²) in [5.74, 6) is 0. The predicted octanol–water partition coefficient (Wildman–Crippen LogP) is 2.89. The van der Waals surface area contributed by atoms with Gasteiger partial charge in [0.15, 0.2) is 0 Å². The molecule has 0 amide bonds. The fourth-order valence-electron chi connectivity index (χ4n) is 1.49. The van der Waals surface area contributed by atoms with Gasteiger partial charge in [0.1, 0.15) is 5.01 Å². The summed E-state index contributed by atoms with van der Waals surface area (Å²) < 4.78 is 0. The molecule has 0 bridgehead atoms. The molecule has 2 rings (SSSR count). The second kappa shape index (κ2) is 4.13. The third-order valence-corrected chi connectivity index (χ3v) is 3.31. The van der Waals surface area contributed by atoms with Crippen molar-refractivity contribution in [1.29, 1.82) is 0 Å². The minimum atomic E-state index is 0.515. The molecular formula is C12H14N2S. The number of rotatable bonds is 2. The first-order valence-electron chi connectivity index (χ1n) is 4.93. The van der Waals surface area contributed by atoms with Crippen molar-refractivity contribution < 1.29 is 0 Å². The Bertz CT molecular complexity index is 474. The van der Waals surface area contributed by atoms with E-state index in [0.717, 1.165) is 10.7 Å². The van der Waals surface area contributed by atoms with E-state index in [4.69, 9.17) is 5.73 Å². The van der Waals surface area contributed by atoms with E-state index in [9.17, 15) is 0 Å². The van der Waals surface area contributed by atoms with Crippen LogP contribution in [0.15, 0.2) is 23.6 Å². The van der Waals surface area contributed by atoms with Crippen LogP contribution in [0, 0.1) is 13.8 Å². The fraction of sp³-hybridized carbons (Fsp3) is 0.250. The molecule has 2 aromatic rings. The standard InChI is InChI=1S/C12H14N2S/c1-8-3-4-9(2)11(5-8)12-14-10(6-13)7-15-12/h3-5,7H,6,13H2,1-2H3. The molecule has 2 nitrogen and oxygen atoms in total. The molecule has 1 heterocycles. The Kier molecular flexibility index (Phi) is 2.84. The third-order valence-electron chi connectivity index (χ3n) is 2.38. The van der Waals surface area contributed by atoms with E-state index < -0.39 is 0 Å². The highest BCUT2D eigenvalue weighted by molar-refractivity contribution is 7.13. The van der Waals surface area contributed by atoms with E-state index in [2.05, 4.69) is 37.0 Å². The van der Waals surface area contributed by atoms with Gasteiger partial charge in [-0.2, -0.15) is 0 Å². The molecule has 3 heteroatoms. The van der Waals surface area contributed by atoms with E-state index in [1.807, 2.05) is 5.38 Å². The molecule has 0 atom stereocenters. The van der Waals surface area contributed by atoms with Crippen LogP contribution in [0.3, 0.4) is 0 Å². The van der Waals surface area contributed by atoms with Crippen molar-refractivity contribution in [1.82, 2.24) is 4.98 Å². The summed E-state index contributed by atoms with van der Waals surface area (Å²) in [4.78, 5) is 4.49. The lowest BCUT2D eigenvalue weighted by molar-refractivity contribution is 1.01. The van der Waals surface area contributed by atoms with Gasteiger partial charge >= 0.3 is 0 Å². The molecule has 0 saturated carbocycles. The summed E-state index contributed by atoms with van der Waals surface area (Å²) in [6.07, 6.45) is 0. The number of hydrogen-bond acceptors (Lipinski definition) is 3. The zero-order chi connectivity index (χ0) is 10.8. The van der Waals surface area contributed by atoms with Gasteiger partial charge in [-0.1, -0.05) is 17.7 Å². The monoisotopic (exact) mass is 218 g/mol.